The predicted molar refractivity (Wildman–Crippen MR) is 167 cm³/mol. The van der Waals surface area contributed by atoms with Crippen LogP contribution in [0.25, 0.3) is 33.4 Å². The lowest BCUT2D eigenvalue weighted by Gasteiger charge is -2.14. The van der Waals surface area contributed by atoms with Crippen LogP contribution in [0.5, 0.6) is 11.5 Å². The summed E-state index contributed by atoms with van der Waals surface area (Å²) in [4.78, 5) is 40.4. The van der Waals surface area contributed by atoms with Gasteiger partial charge in [-0.05, 0) is 56.3 Å². The molecule has 0 saturated carbocycles. The summed E-state index contributed by atoms with van der Waals surface area (Å²) in [5.74, 6) is -0.777. The van der Waals surface area contributed by atoms with Crippen molar-refractivity contribution >= 4 is 62.9 Å². The Morgan fingerprint density at radius 3 is 1.75 bits per heavy atom. The molecule has 0 unspecified atom stereocenters. The molecular weight excluding hydrogens is 601 g/mol. The van der Waals surface area contributed by atoms with Gasteiger partial charge in [-0.25, -0.2) is 0 Å². The van der Waals surface area contributed by atoms with Gasteiger partial charge >= 0.3 is 0 Å². The lowest BCUT2D eigenvalue weighted by molar-refractivity contribution is -0.115. The third-order valence-electron chi connectivity index (χ3n) is 6.51. The topological polar surface area (TPSA) is 153 Å². The molecule has 13 heteroatoms. The number of phenols is 2. The monoisotopic (exact) mass is 624 g/mol. The van der Waals surface area contributed by atoms with Gasteiger partial charge in [0, 0.05) is 15.4 Å². The summed E-state index contributed by atoms with van der Waals surface area (Å²) in [7, 11) is 0. The van der Waals surface area contributed by atoms with E-state index in [1.165, 1.54) is 48.2 Å². The van der Waals surface area contributed by atoms with Gasteiger partial charge in [-0.15, -0.1) is 53.5 Å². The number of ketones is 3. The minimum atomic E-state index is -0.522. The fraction of sp³-hybridized carbons (Fsp3) is 0.129. The molecule has 2 aromatic heterocycles. The molecule has 0 atom stereocenters. The molecule has 11 nitrogen and oxygen atoms in total. The number of nitrogens with zero attached hydrogens (tertiary/aromatic N) is 6. The molecule has 220 valence electrons. The second-order valence-electron chi connectivity index (χ2n) is 9.95. The van der Waals surface area contributed by atoms with E-state index < -0.39 is 17.3 Å². The molecule has 0 fully saturated rings. The van der Waals surface area contributed by atoms with E-state index in [9.17, 15) is 24.6 Å². The number of carbonyl (C=O) groups excluding carboxylic acids is 3. The molecule has 0 aliphatic heterocycles. The molecule has 0 bridgehead atoms. The summed E-state index contributed by atoms with van der Waals surface area (Å²) in [6.07, 6.45) is 0. The number of carbonyl (C=O) groups is 3. The molecule has 0 radical (unpaired) electrons. The Hall–Kier alpha value is -5.01. The standard InChI is InChI=1S/C31H24N6O5S2/c1-17(38)15-43-20-8-10-23-25(12-20)34-36(32-23)27-14-22(29(40)19-6-4-3-5-7-19)30(41)28(31(27)42)37-33-24-11-9-21(13-26(24)35-37)44-16-18(2)39/h3-14,41-42H,15-16H2,1-2H3. The van der Waals surface area contributed by atoms with Crippen LogP contribution >= 0.6 is 23.5 Å². The number of rotatable bonds is 10. The largest absolute Gasteiger partial charge is 0.505 e. The van der Waals surface area contributed by atoms with Gasteiger partial charge in [0.1, 0.15) is 39.3 Å². The van der Waals surface area contributed by atoms with E-state index in [1.54, 1.807) is 60.7 Å². The summed E-state index contributed by atoms with van der Waals surface area (Å²) < 4.78 is 0. The lowest BCUT2D eigenvalue weighted by atomic mass is 10.0. The third kappa shape index (κ3) is 5.79. The van der Waals surface area contributed by atoms with Gasteiger partial charge in [-0.3, -0.25) is 14.4 Å². The van der Waals surface area contributed by atoms with E-state index >= 15 is 0 Å². The van der Waals surface area contributed by atoms with Gasteiger partial charge in [0.2, 0.25) is 0 Å². The molecule has 2 N–H and O–H groups in total. The average molecular weight is 625 g/mol. The molecule has 44 heavy (non-hydrogen) atoms. The fourth-order valence-corrected chi connectivity index (χ4v) is 5.90. The van der Waals surface area contributed by atoms with Crippen molar-refractivity contribution in [2.24, 2.45) is 0 Å². The van der Waals surface area contributed by atoms with Crippen molar-refractivity contribution in [1.29, 1.82) is 0 Å². The number of aromatic nitrogens is 6. The van der Waals surface area contributed by atoms with E-state index in [-0.39, 0.29) is 28.5 Å². The van der Waals surface area contributed by atoms with Crippen molar-refractivity contribution in [2.75, 3.05) is 11.5 Å². The first-order chi connectivity index (χ1) is 21.2. The molecule has 4 aromatic carbocycles. The fourth-order valence-electron chi connectivity index (χ4n) is 4.44. The number of thioether (sulfide) groups is 2. The lowest BCUT2D eigenvalue weighted by Crippen LogP contribution is -2.10. The highest BCUT2D eigenvalue weighted by atomic mass is 32.2. The van der Waals surface area contributed by atoms with Gasteiger partial charge in [0.05, 0.1) is 17.1 Å². The van der Waals surface area contributed by atoms with E-state index in [0.717, 1.165) is 14.6 Å². The van der Waals surface area contributed by atoms with Crippen LogP contribution in [-0.4, -0.2) is 69.1 Å². The minimum absolute atomic E-state index is 0.0188. The van der Waals surface area contributed by atoms with Crippen molar-refractivity contribution < 1.29 is 24.6 Å². The smallest absolute Gasteiger partial charge is 0.196 e. The molecule has 0 aliphatic carbocycles. The maximum Gasteiger partial charge on any atom is 0.196 e. The van der Waals surface area contributed by atoms with Crippen LogP contribution in [0.1, 0.15) is 29.8 Å². The molecule has 0 saturated heterocycles. The summed E-state index contributed by atoms with van der Waals surface area (Å²) in [5, 5.41) is 41.0. The molecule has 6 rings (SSSR count). The first-order valence-electron chi connectivity index (χ1n) is 13.4. The van der Waals surface area contributed by atoms with Gasteiger partial charge < -0.3 is 10.2 Å². The number of fused-ring (bicyclic) bond motifs is 2. The van der Waals surface area contributed by atoms with Crippen molar-refractivity contribution in [3.63, 3.8) is 0 Å². The molecule has 2 heterocycles. The number of hydrogen-bond donors (Lipinski definition) is 2. The highest BCUT2D eigenvalue weighted by molar-refractivity contribution is 8.00. The van der Waals surface area contributed by atoms with Crippen LogP contribution in [0, 0.1) is 0 Å². The number of hydrogen-bond acceptors (Lipinski definition) is 11. The second kappa shape index (κ2) is 11.9. The van der Waals surface area contributed by atoms with Crippen LogP contribution in [0.4, 0.5) is 0 Å². The van der Waals surface area contributed by atoms with E-state index in [4.69, 9.17) is 0 Å². The Morgan fingerprint density at radius 2 is 1.18 bits per heavy atom. The van der Waals surface area contributed by atoms with Crippen LogP contribution in [0.3, 0.4) is 0 Å². The number of aromatic hydroxyl groups is 2. The van der Waals surface area contributed by atoms with E-state index in [1.807, 2.05) is 6.07 Å². The summed E-state index contributed by atoms with van der Waals surface area (Å²) in [5.41, 5.74) is 1.94. The second-order valence-corrected chi connectivity index (χ2v) is 12.0. The molecule has 6 aromatic rings. The zero-order valence-electron chi connectivity index (χ0n) is 23.5. The van der Waals surface area contributed by atoms with Crippen molar-refractivity contribution in [3.05, 3.63) is 83.9 Å². The first kappa shape index (κ1) is 29.1. The van der Waals surface area contributed by atoms with Crippen molar-refractivity contribution in [3.8, 4) is 22.9 Å². The van der Waals surface area contributed by atoms with Gasteiger partial charge in [-0.2, -0.15) is 0 Å². The predicted octanol–water partition coefficient (Wildman–Crippen LogP) is 5.16. The van der Waals surface area contributed by atoms with E-state index in [2.05, 4.69) is 20.4 Å². The van der Waals surface area contributed by atoms with E-state index in [0.29, 0.717) is 39.1 Å². The molecular formula is C31H24N6O5S2. The number of Topliss-reactive ketones (excluding diaryl/α,β-unsaturated/α-hetero) is 2. The Balaban J connectivity index is 1.50. The van der Waals surface area contributed by atoms with Crippen LogP contribution in [-0.2, 0) is 9.59 Å². The normalized spacial score (nSPS) is 11.3. The van der Waals surface area contributed by atoms with Crippen molar-refractivity contribution in [1.82, 2.24) is 30.0 Å². The zero-order valence-corrected chi connectivity index (χ0v) is 25.1. The minimum Gasteiger partial charge on any atom is -0.505 e. The summed E-state index contributed by atoms with van der Waals surface area (Å²) >= 11 is 2.73. The maximum atomic E-state index is 13.6. The van der Waals surface area contributed by atoms with Gasteiger partial charge in [0.15, 0.2) is 23.0 Å². The number of benzene rings is 4. The Bertz CT molecular complexity index is 2090. The van der Waals surface area contributed by atoms with Gasteiger partial charge in [0.25, 0.3) is 0 Å². The van der Waals surface area contributed by atoms with Crippen LogP contribution in [0.2, 0.25) is 0 Å². The van der Waals surface area contributed by atoms with Crippen LogP contribution in [0.15, 0.2) is 82.6 Å². The average Bonchev–Trinajstić information content (AvgIpc) is 3.62. The first-order valence-corrected chi connectivity index (χ1v) is 15.3. The zero-order chi connectivity index (χ0) is 31.0. The third-order valence-corrected chi connectivity index (χ3v) is 8.79. The maximum absolute atomic E-state index is 13.6. The molecule has 0 amide bonds. The number of phenolic OH excluding ortho intramolecular Hbond substituents is 2. The quantitative estimate of drug-likeness (QED) is 0.154. The van der Waals surface area contributed by atoms with Crippen LogP contribution < -0.4 is 0 Å². The highest BCUT2D eigenvalue weighted by Crippen LogP contribution is 2.40. The molecule has 0 aliphatic rings. The Kier molecular flexibility index (Phi) is 7.89. The SMILES string of the molecule is CC(=O)CSc1ccc2nn(-c3cc(C(=O)c4ccccc4)c(O)c(-n4nc5ccc(SCC(C)=O)cc5n4)c3O)nc2c1. The molecule has 0 spiro atoms. The summed E-state index contributed by atoms with van der Waals surface area (Å²) in [6.45, 7) is 3.03. The van der Waals surface area contributed by atoms with Crippen molar-refractivity contribution in [2.45, 2.75) is 23.6 Å². The van der Waals surface area contributed by atoms with Gasteiger partial charge in [-0.1, -0.05) is 30.3 Å². The highest BCUT2D eigenvalue weighted by Gasteiger charge is 2.27. The Labute approximate surface area is 258 Å². The summed E-state index contributed by atoms with van der Waals surface area (Å²) in [6, 6.07) is 20.4. The Morgan fingerprint density at radius 1 is 0.659 bits per heavy atom.